The molecule has 0 bridgehead atoms. The Morgan fingerprint density at radius 3 is 2.69 bits per heavy atom. The molecule has 0 aliphatic carbocycles. The smallest absolute Gasteiger partial charge is 0.243 e. The fourth-order valence-electron chi connectivity index (χ4n) is 1.42. The summed E-state index contributed by atoms with van der Waals surface area (Å²) in [6, 6.07) is -0.454. The van der Waals surface area contributed by atoms with Crippen LogP contribution in [0.3, 0.4) is 0 Å². The van der Waals surface area contributed by atoms with Gasteiger partial charge in [-0.25, -0.2) is 8.42 Å². The number of carbonyl (C=O) groups excluding carboxylic acids is 2. The van der Waals surface area contributed by atoms with Crippen molar-refractivity contribution in [1.82, 2.24) is 10.6 Å². The molecular weight excluding hydrogens is 232 g/mol. The number of sulfone groups is 1. The predicted octanol–water partition coefficient (Wildman–Crippen LogP) is -1.18. The van der Waals surface area contributed by atoms with Gasteiger partial charge in [-0.05, 0) is 6.42 Å². The minimum absolute atomic E-state index is 0.0151. The molecule has 1 aliphatic heterocycles. The summed E-state index contributed by atoms with van der Waals surface area (Å²) >= 11 is 0. The third-order valence-electron chi connectivity index (χ3n) is 2.48. The number of piperidine rings is 1. The van der Waals surface area contributed by atoms with Crippen LogP contribution in [0.1, 0.15) is 19.8 Å². The SMILES string of the molecule is CCS(=O)(=O)CCNC1CCC(=O)NC1=O. The maximum Gasteiger partial charge on any atom is 0.243 e. The van der Waals surface area contributed by atoms with E-state index in [0.29, 0.717) is 12.8 Å². The van der Waals surface area contributed by atoms with Crippen LogP contribution in [0, 0.1) is 0 Å². The number of hydrogen-bond donors (Lipinski definition) is 2. The van der Waals surface area contributed by atoms with Crippen molar-refractivity contribution in [3.8, 4) is 0 Å². The Bertz CT molecular complexity index is 377. The second kappa shape index (κ2) is 5.40. The molecular formula is C9H16N2O4S. The van der Waals surface area contributed by atoms with Gasteiger partial charge in [-0.15, -0.1) is 0 Å². The molecule has 1 unspecified atom stereocenters. The lowest BCUT2D eigenvalue weighted by molar-refractivity contribution is -0.134. The lowest BCUT2D eigenvalue weighted by atomic mass is 10.1. The fourth-order valence-corrected chi connectivity index (χ4v) is 2.14. The van der Waals surface area contributed by atoms with Gasteiger partial charge in [0.05, 0.1) is 11.8 Å². The zero-order chi connectivity index (χ0) is 12.2. The van der Waals surface area contributed by atoms with Crippen molar-refractivity contribution in [3.63, 3.8) is 0 Å². The summed E-state index contributed by atoms with van der Waals surface area (Å²) in [6.45, 7) is 1.82. The van der Waals surface area contributed by atoms with Gasteiger partial charge in [0.2, 0.25) is 11.8 Å². The highest BCUT2D eigenvalue weighted by atomic mass is 32.2. The van der Waals surface area contributed by atoms with E-state index in [9.17, 15) is 18.0 Å². The predicted molar refractivity (Wildman–Crippen MR) is 58.5 cm³/mol. The molecule has 1 heterocycles. The zero-order valence-corrected chi connectivity index (χ0v) is 9.97. The summed E-state index contributed by atoms with van der Waals surface area (Å²) in [4.78, 5) is 22.1. The average Bonchev–Trinajstić information content (AvgIpc) is 2.21. The highest BCUT2D eigenvalue weighted by Gasteiger charge is 2.25. The van der Waals surface area contributed by atoms with Gasteiger partial charge in [0.15, 0.2) is 9.84 Å². The van der Waals surface area contributed by atoms with E-state index in [2.05, 4.69) is 10.6 Å². The molecule has 7 heteroatoms. The zero-order valence-electron chi connectivity index (χ0n) is 9.15. The minimum Gasteiger partial charge on any atom is -0.305 e. The first-order valence-corrected chi connectivity index (χ1v) is 7.04. The van der Waals surface area contributed by atoms with Crippen LogP contribution in [0.2, 0.25) is 0 Å². The number of imide groups is 1. The van der Waals surface area contributed by atoms with Gasteiger partial charge in [-0.2, -0.15) is 0 Å². The Kier molecular flexibility index (Phi) is 4.43. The molecule has 6 nitrogen and oxygen atoms in total. The van der Waals surface area contributed by atoms with Crippen molar-refractivity contribution in [2.75, 3.05) is 18.1 Å². The number of nitrogens with one attached hydrogen (secondary N) is 2. The van der Waals surface area contributed by atoms with E-state index in [1.807, 2.05) is 0 Å². The first-order chi connectivity index (χ1) is 7.44. The number of carbonyl (C=O) groups is 2. The van der Waals surface area contributed by atoms with Crippen molar-refractivity contribution in [2.24, 2.45) is 0 Å². The molecule has 0 radical (unpaired) electrons. The van der Waals surface area contributed by atoms with Crippen LogP contribution in [-0.4, -0.2) is 44.3 Å². The van der Waals surface area contributed by atoms with Gasteiger partial charge >= 0.3 is 0 Å². The first-order valence-electron chi connectivity index (χ1n) is 5.22. The van der Waals surface area contributed by atoms with Crippen molar-refractivity contribution in [2.45, 2.75) is 25.8 Å². The molecule has 2 amide bonds. The van der Waals surface area contributed by atoms with Crippen molar-refractivity contribution in [3.05, 3.63) is 0 Å². The van der Waals surface area contributed by atoms with Crippen LogP contribution in [0.5, 0.6) is 0 Å². The van der Waals surface area contributed by atoms with E-state index >= 15 is 0 Å². The van der Waals surface area contributed by atoms with Crippen molar-refractivity contribution >= 4 is 21.7 Å². The normalized spacial score (nSPS) is 21.9. The standard InChI is InChI=1S/C9H16N2O4S/c1-2-16(14,15)6-5-10-7-3-4-8(12)11-9(7)13/h7,10H,2-6H2,1H3,(H,11,12,13). The summed E-state index contributed by atoms with van der Waals surface area (Å²) < 4.78 is 22.4. The summed E-state index contributed by atoms with van der Waals surface area (Å²) in [5, 5.41) is 5.04. The largest absolute Gasteiger partial charge is 0.305 e. The average molecular weight is 248 g/mol. The molecule has 0 saturated carbocycles. The number of rotatable bonds is 5. The molecule has 92 valence electrons. The van der Waals surface area contributed by atoms with Gasteiger partial charge in [-0.3, -0.25) is 14.9 Å². The van der Waals surface area contributed by atoms with E-state index in [-0.39, 0.29) is 29.9 Å². The Hall–Kier alpha value is -0.950. The molecule has 0 aromatic rings. The Balaban J connectivity index is 2.33. The van der Waals surface area contributed by atoms with Crippen LogP contribution in [0.25, 0.3) is 0 Å². The fraction of sp³-hybridized carbons (Fsp3) is 0.778. The van der Waals surface area contributed by atoms with E-state index < -0.39 is 15.9 Å². The van der Waals surface area contributed by atoms with E-state index in [1.165, 1.54) is 0 Å². The van der Waals surface area contributed by atoms with Crippen LogP contribution in [0.4, 0.5) is 0 Å². The first kappa shape index (κ1) is 13.1. The third-order valence-corrected chi connectivity index (χ3v) is 4.19. The van der Waals surface area contributed by atoms with Crippen LogP contribution in [0.15, 0.2) is 0 Å². The Labute approximate surface area is 94.7 Å². The van der Waals surface area contributed by atoms with Gasteiger partial charge in [0.1, 0.15) is 0 Å². The van der Waals surface area contributed by atoms with Crippen molar-refractivity contribution < 1.29 is 18.0 Å². The molecule has 1 atom stereocenters. The van der Waals surface area contributed by atoms with Crippen LogP contribution >= 0.6 is 0 Å². The minimum atomic E-state index is -3.01. The van der Waals surface area contributed by atoms with Gasteiger partial charge in [-0.1, -0.05) is 6.92 Å². The van der Waals surface area contributed by atoms with Gasteiger partial charge in [0.25, 0.3) is 0 Å². The molecule has 1 aliphatic rings. The Morgan fingerprint density at radius 1 is 1.44 bits per heavy atom. The van der Waals surface area contributed by atoms with Gasteiger partial charge < -0.3 is 5.32 Å². The molecule has 0 aromatic heterocycles. The molecule has 1 saturated heterocycles. The molecule has 0 spiro atoms. The van der Waals surface area contributed by atoms with Crippen molar-refractivity contribution in [1.29, 1.82) is 0 Å². The maximum atomic E-state index is 11.3. The van der Waals surface area contributed by atoms with Crippen LogP contribution in [-0.2, 0) is 19.4 Å². The molecule has 1 fully saturated rings. The maximum absolute atomic E-state index is 11.3. The monoisotopic (exact) mass is 248 g/mol. The van der Waals surface area contributed by atoms with E-state index in [0.717, 1.165) is 0 Å². The second-order valence-electron chi connectivity index (χ2n) is 3.69. The molecule has 2 N–H and O–H groups in total. The van der Waals surface area contributed by atoms with E-state index in [1.54, 1.807) is 6.92 Å². The Morgan fingerprint density at radius 2 is 2.12 bits per heavy atom. The summed E-state index contributed by atoms with van der Waals surface area (Å²) in [7, 11) is -3.01. The second-order valence-corrected chi connectivity index (χ2v) is 6.17. The summed E-state index contributed by atoms with van der Waals surface area (Å²) in [5.41, 5.74) is 0. The molecule has 0 aromatic carbocycles. The van der Waals surface area contributed by atoms with Gasteiger partial charge in [0, 0.05) is 18.7 Å². The highest BCUT2D eigenvalue weighted by Crippen LogP contribution is 2.03. The summed E-state index contributed by atoms with van der Waals surface area (Å²) in [6.07, 6.45) is 0.723. The number of hydrogen-bond acceptors (Lipinski definition) is 5. The quantitative estimate of drug-likeness (QED) is 0.597. The molecule has 1 rings (SSSR count). The lowest BCUT2D eigenvalue weighted by Crippen LogP contribution is -2.51. The van der Waals surface area contributed by atoms with Crippen LogP contribution < -0.4 is 10.6 Å². The lowest BCUT2D eigenvalue weighted by Gasteiger charge is -2.21. The third kappa shape index (κ3) is 3.90. The number of amides is 2. The van der Waals surface area contributed by atoms with E-state index in [4.69, 9.17) is 0 Å². The summed E-state index contributed by atoms with van der Waals surface area (Å²) in [5.74, 6) is -0.528. The highest BCUT2D eigenvalue weighted by molar-refractivity contribution is 7.91. The topological polar surface area (TPSA) is 92.3 Å². The molecule has 16 heavy (non-hydrogen) atoms.